The molecule has 0 saturated carbocycles. The first-order chi connectivity index (χ1) is 21.4. The van der Waals surface area contributed by atoms with E-state index < -0.39 is 28.5 Å². The maximum absolute atomic E-state index is 14.5. The molecule has 1 N–H and O–H groups in total. The largest absolute Gasteiger partial charge is 0.354 e. The van der Waals surface area contributed by atoms with E-state index in [4.69, 9.17) is 23.2 Å². The molecule has 0 saturated heterocycles. The second kappa shape index (κ2) is 15.4. The van der Waals surface area contributed by atoms with Crippen LogP contribution in [0.15, 0.2) is 108 Å². The zero-order valence-corrected chi connectivity index (χ0v) is 27.8. The highest BCUT2D eigenvalue weighted by Crippen LogP contribution is 2.26. The van der Waals surface area contributed by atoms with Crippen molar-refractivity contribution < 1.29 is 18.0 Å². The number of hydrogen-bond acceptors (Lipinski definition) is 4. The highest BCUT2D eigenvalue weighted by Gasteiger charge is 2.34. The Balaban J connectivity index is 1.79. The van der Waals surface area contributed by atoms with Gasteiger partial charge in [0.2, 0.25) is 11.8 Å². The molecule has 1 unspecified atom stereocenters. The Hall–Kier alpha value is -3.85. The van der Waals surface area contributed by atoms with E-state index in [9.17, 15) is 18.0 Å². The Morgan fingerprint density at radius 2 is 1.44 bits per heavy atom. The molecule has 2 amide bonds. The first-order valence-electron chi connectivity index (χ1n) is 14.6. The quantitative estimate of drug-likeness (QED) is 0.168. The van der Waals surface area contributed by atoms with Gasteiger partial charge >= 0.3 is 0 Å². The molecule has 0 bridgehead atoms. The molecule has 0 aliphatic heterocycles. The molecule has 4 rings (SSSR count). The van der Waals surface area contributed by atoms with Crippen molar-refractivity contribution in [2.24, 2.45) is 5.92 Å². The second-order valence-corrected chi connectivity index (χ2v) is 14.0. The fourth-order valence-electron chi connectivity index (χ4n) is 4.78. The van der Waals surface area contributed by atoms with Crippen molar-refractivity contribution in [3.8, 4) is 0 Å². The molecular weight excluding hydrogens is 629 g/mol. The van der Waals surface area contributed by atoms with Crippen molar-refractivity contribution in [1.82, 2.24) is 10.2 Å². The number of nitrogens with one attached hydrogen (secondary N) is 1. The lowest BCUT2D eigenvalue weighted by molar-refractivity contribution is -0.140. The SMILES string of the molecule is Cc1ccc(N(CC(=O)N(Cc2cccc(Cl)c2)C(Cc2ccccc2)C(=O)NCC(C)C)S(=O)(=O)c2ccc(Cl)cc2)cc1. The van der Waals surface area contributed by atoms with Gasteiger partial charge in [-0.3, -0.25) is 13.9 Å². The highest BCUT2D eigenvalue weighted by molar-refractivity contribution is 7.92. The molecule has 1 atom stereocenters. The van der Waals surface area contributed by atoms with Gasteiger partial charge in [-0.15, -0.1) is 0 Å². The van der Waals surface area contributed by atoms with Crippen LogP contribution in [0.3, 0.4) is 0 Å². The van der Waals surface area contributed by atoms with Crippen molar-refractivity contribution in [2.45, 2.75) is 44.7 Å². The Labute approximate surface area is 275 Å². The zero-order valence-electron chi connectivity index (χ0n) is 25.5. The summed E-state index contributed by atoms with van der Waals surface area (Å²) in [5.41, 5.74) is 2.81. The van der Waals surface area contributed by atoms with Crippen molar-refractivity contribution in [3.05, 3.63) is 130 Å². The van der Waals surface area contributed by atoms with Crippen LogP contribution in [0.2, 0.25) is 10.0 Å². The van der Waals surface area contributed by atoms with E-state index in [1.54, 1.807) is 42.5 Å². The summed E-state index contributed by atoms with van der Waals surface area (Å²) in [6, 6.07) is 28.2. The van der Waals surface area contributed by atoms with E-state index in [0.717, 1.165) is 15.4 Å². The lowest BCUT2D eigenvalue weighted by Crippen LogP contribution is -2.53. The van der Waals surface area contributed by atoms with E-state index in [0.29, 0.717) is 27.8 Å². The van der Waals surface area contributed by atoms with Crippen LogP contribution in [0.1, 0.15) is 30.5 Å². The molecule has 0 spiro atoms. The molecule has 4 aromatic rings. The van der Waals surface area contributed by atoms with Gasteiger partial charge in [0, 0.05) is 29.6 Å². The number of nitrogens with zero attached hydrogens (tertiary/aromatic N) is 2. The molecule has 45 heavy (non-hydrogen) atoms. The van der Waals surface area contributed by atoms with E-state index in [2.05, 4.69) is 5.32 Å². The van der Waals surface area contributed by atoms with Crippen LogP contribution in [0.5, 0.6) is 0 Å². The molecule has 0 radical (unpaired) electrons. The van der Waals surface area contributed by atoms with E-state index in [1.807, 2.05) is 57.2 Å². The van der Waals surface area contributed by atoms with Gasteiger partial charge in [-0.05, 0) is 72.5 Å². The van der Waals surface area contributed by atoms with Gasteiger partial charge in [-0.2, -0.15) is 0 Å². The molecule has 0 aromatic heterocycles. The Kier molecular flexibility index (Phi) is 11.7. The van der Waals surface area contributed by atoms with Crippen LogP contribution < -0.4 is 9.62 Å². The third-order valence-corrected chi connectivity index (χ3v) is 9.48. The van der Waals surface area contributed by atoms with Gasteiger partial charge in [0.1, 0.15) is 12.6 Å². The molecule has 0 aliphatic rings. The molecule has 236 valence electrons. The summed E-state index contributed by atoms with van der Waals surface area (Å²) in [6.45, 7) is 5.78. The van der Waals surface area contributed by atoms with Gasteiger partial charge in [0.05, 0.1) is 10.6 Å². The maximum atomic E-state index is 14.5. The van der Waals surface area contributed by atoms with Gasteiger partial charge in [0.15, 0.2) is 0 Å². The molecular formula is C35H37Cl2N3O4S. The van der Waals surface area contributed by atoms with Crippen LogP contribution >= 0.6 is 23.2 Å². The Morgan fingerprint density at radius 3 is 2.07 bits per heavy atom. The summed E-state index contributed by atoms with van der Waals surface area (Å²) in [4.78, 5) is 29.7. The molecule has 10 heteroatoms. The first-order valence-corrected chi connectivity index (χ1v) is 16.8. The molecule has 0 aliphatic carbocycles. The summed E-state index contributed by atoms with van der Waals surface area (Å²) in [6.07, 6.45) is 0.228. The van der Waals surface area contributed by atoms with E-state index in [1.165, 1.54) is 29.2 Å². The van der Waals surface area contributed by atoms with E-state index >= 15 is 0 Å². The van der Waals surface area contributed by atoms with Gasteiger partial charge in [-0.25, -0.2) is 8.42 Å². The minimum Gasteiger partial charge on any atom is -0.354 e. The average molecular weight is 667 g/mol. The highest BCUT2D eigenvalue weighted by atomic mass is 35.5. The summed E-state index contributed by atoms with van der Waals surface area (Å²) >= 11 is 12.3. The fraction of sp³-hybridized carbons (Fsp3) is 0.257. The third kappa shape index (κ3) is 9.33. The minimum atomic E-state index is -4.21. The fourth-order valence-corrected chi connectivity index (χ4v) is 6.54. The van der Waals surface area contributed by atoms with Crippen molar-refractivity contribution >= 4 is 50.7 Å². The smallest absolute Gasteiger partial charge is 0.264 e. The maximum Gasteiger partial charge on any atom is 0.264 e. The third-order valence-electron chi connectivity index (χ3n) is 7.20. The van der Waals surface area contributed by atoms with Crippen molar-refractivity contribution in [3.63, 3.8) is 0 Å². The average Bonchev–Trinajstić information content (AvgIpc) is 3.01. The normalized spacial score (nSPS) is 12.0. The Bertz CT molecular complexity index is 1700. The van der Waals surface area contributed by atoms with E-state index in [-0.39, 0.29) is 29.7 Å². The van der Waals surface area contributed by atoms with Gasteiger partial charge < -0.3 is 10.2 Å². The summed E-state index contributed by atoms with van der Waals surface area (Å²) < 4.78 is 29.2. The van der Waals surface area contributed by atoms with Gasteiger partial charge in [0.25, 0.3) is 10.0 Å². The predicted octanol–water partition coefficient (Wildman–Crippen LogP) is 6.91. The number of sulfonamides is 1. The van der Waals surface area contributed by atoms with Crippen LogP contribution in [0.4, 0.5) is 5.69 Å². The zero-order chi connectivity index (χ0) is 32.6. The number of carbonyl (C=O) groups is 2. The van der Waals surface area contributed by atoms with Crippen LogP contribution in [-0.4, -0.2) is 44.3 Å². The summed E-state index contributed by atoms with van der Waals surface area (Å²) in [5, 5.41) is 3.85. The standard InChI is InChI=1S/C35H37Cl2N3O4S/c1-25(2)22-38-35(42)33(21-27-8-5-4-6-9-27)39(23-28-10-7-11-30(37)20-28)34(41)24-40(31-16-12-26(3)13-17-31)45(43,44)32-18-14-29(36)15-19-32/h4-20,25,33H,21-24H2,1-3H3,(H,38,42). The summed E-state index contributed by atoms with van der Waals surface area (Å²) in [7, 11) is -4.21. The molecule has 0 heterocycles. The monoisotopic (exact) mass is 665 g/mol. The number of benzene rings is 4. The summed E-state index contributed by atoms with van der Waals surface area (Å²) in [5.74, 6) is -0.691. The number of halogens is 2. The number of amides is 2. The number of aryl methyl sites for hydroxylation is 1. The van der Waals surface area contributed by atoms with Crippen molar-refractivity contribution in [1.29, 1.82) is 0 Å². The first kappa shape index (κ1) is 34.0. The van der Waals surface area contributed by atoms with Crippen LogP contribution in [0, 0.1) is 12.8 Å². The second-order valence-electron chi connectivity index (χ2n) is 11.3. The topological polar surface area (TPSA) is 86.8 Å². The number of rotatable bonds is 13. The van der Waals surface area contributed by atoms with Crippen LogP contribution in [-0.2, 0) is 32.6 Å². The molecule has 7 nitrogen and oxygen atoms in total. The Morgan fingerprint density at radius 1 is 0.800 bits per heavy atom. The lowest BCUT2D eigenvalue weighted by Gasteiger charge is -2.34. The lowest BCUT2D eigenvalue weighted by atomic mass is 10.0. The predicted molar refractivity (Wildman–Crippen MR) is 181 cm³/mol. The number of anilines is 1. The van der Waals surface area contributed by atoms with Crippen molar-refractivity contribution in [2.75, 3.05) is 17.4 Å². The minimum absolute atomic E-state index is 0.0165. The number of carbonyl (C=O) groups excluding carboxylic acids is 2. The molecule has 0 fully saturated rings. The van der Waals surface area contributed by atoms with Gasteiger partial charge in [-0.1, -0.05) is 97.2 Å². The van der Waals surface area contributed by atoms with Crippen LogP contribution in [0.25, 0.3) is 0 Å². The molecule has 4 aromatic carbocycles. The number of hydrogen-bond donors (Lipinski definition) is 1.